The average Bonchev–Trinajstić information content (AvgIpc) is 3.05. The van der Waals surface area contributed by atoms with E-state index in [-0.39, 0.29) is 12.5 Å². The number of fused-ring (bicyclic) bond motifs is 1. The van der Waals surface area contributed by atoms with Crippen molar-refractivity contribution in [2.45, 2.75) is 6.54 Å². The van der Waals surface area contributed by atoms with E-state index in [0.29, 0.717) is 17.2 Å². The molecular weight excluding hydrogens is 272 g/mol. The molecule has 0 saturated heterocycles. The van der Waals surface area contributed by atoms with E-state index < -0.39 is 0 Å². The topological polar surface area (TPSA) is 134 Å². The number of tetrazole rings is 1. The largest absolute Gasteiger partial charge is 0.345 e. The molecule has 9 nitrogen and oxygen atoms in total. The van der Waals surface area contributed by atoms with Crippen LogP contribution in [0.3, 0.4) is 0 Å². The Morgan fingerprint density at radius 3 is 2.81 bits per heavy atom. The van der Waals surface area contributed by atoms with Crippen molar-refractivity contribution in [1.29, 1.82) is 0 Å². The molecule has 0 unspecified atom stereocenters. The summed E-state index contributed by atoms with van der Waals surface area (Å²) >= 11 is 0. The minimum atomic E-state index is -0.271. The second-order valence-corrected chi connectivity index (χ2v) is 4.22. The van der Waals surface area contributed by atoms with Crippen molar-refractivity contribution >= 4 is 22.5 Å². The molecule has 0 aliphatic heterocycles. The molecule has 21 heavy (non-hydrogen) atoms. The van der Waals surface area contributed by atoms with Crippen molar-refractivity contribution in [2.75, 3.05) is 5.43 Å². The molecule has 2 heterocycles. The molecule has 0 fully saturated rings. The highest BCUT2D eigenvalue weighted by atomic mass is 16.1. The number of aromatic nitrogens is 5. The summed E-state index contributed by atoms with van der Waals surface area (Å²) in [5, 5.41) is 17.5. The smallest absolute Gasteiger partial charge is 0.253 e. The summed E-state index contributed by atoms with van der Waals surface area (Å²) in [6.07, 6.45) is 1.48. The summed E-state index contributed by atoms with van der Waals surface area (Å²) in [5.74, 6) is 6.07. The van der Waals surface area contributed by atoms with E-state index in [9.17, 15) is 4.79 Å². The lowest BCUT2D eigenvalue weighted by Crippen LogP contribution is -2.24. The summed E-state index contributed by atoms with van der Waals surface area (Å²) in [5.41, 5.74) is 2.97. The minimum Gasteiger partial charge on any atom is -0.345 e. The van der Waals surface area contributed by atoms with Gasteiger partial charge in [0.15, 0.2) is 5.82 Å². The van der Waals surface area contributed by atoms with Gasteiger partial charge in [-0.2, -0.15) is 5.21 Å². The Bertz CT molecular complexity index is 770. The first-order valence-electron chi connectivity index (χ1n) is 6.14. The molecule has 0 atom stereocenters. The summed E-state index contributed by atoms with van der Waals surface area (Å²) in [6.45, 7) is 0.181. The second kappa shape index (κ2) is 5.51. The number of H-pyrrole nitrogens is 1. The molecule has 0 aliphatic carbocycles. The zero-order chi connectivity index (χ0) is 14.7. The Morgan fingerprint density at radius 2 is 2.10 bits per heavy atom. The number of aromatic amines is 1. The molecule has 3 aromatic rings. The van der Waals surface area contributed by atoms with Gasteiger partial charge in [0.25, 0.3) is 5.91 Å². The van der Waals surface area contributed by atoms with E-state index in [1.807, 2.05) is 24.3 Å². The van der Waals surface area contributed by atoms with Crippen LogP contribution in [0.2, 0.25) is 0 Å². The van der Waals surface area contributed by atoms with Crippen LogP contribution in [0.25, 0.3) is 10.8 Å². The highest BCUT2D eigenvalue weighted by Gasteiger charge is 2.13. The van der Waals surface area contributed by atoms with E-state index >= 15 is 0 Å². The normalized spacial score (nSPS) is 10.5. The van der Waals surface area contributed by atoms with Gasteiger partial charge in [0, 0.05) is 11.6 Å². The number of nitrogens with one attached hydrogen (secondary N) is 3. The van der Waals surface area contributed by atoms with Crippen LogP contribution in [0.4, 0.5) is 5.82 Å². The number of pyridine rings is 1. The van der Waals surface area contributed by atoms with Gasteiger partial charge in [-0.25, -0.2) is 10.8 Å². The van der Waals surface area contributed by atoms with Crippen LogP contribution in [0.1, 0.15) is 16.2 Å². The van der Waals surface area contributed by atoms with Crippen LogP contribution in [-0.4, -0.2) is 31.5 Å². The van der Waals surface area contributed by atoms with Crippen LogP contribution in [0, 0.1) is 0 Å². The summed E-state index contributed by atoms with van der Waals surface area (Å²) < 4.78 is 0. The molecule has 106 valence electrons. The van der Waals surface area contributed by atoms with E-state index in [1.54, 1.807) is 0 Å². The average molecular weight is 284 g/mol. The zero-order valence-electron chi connectivity index (χ0n) is 10.9. The van der Waals surface area contributed by atoms with Gasteiger partial charge in [-0.05, 0) is 5.39 Å². The van der Waals surface area contributed by atoms with E-state index in [4.69, 9.17) is 5.84 Å². The van der Waals surface area contributed by atoms with Gasteiger partial charge >= 0.3 is 0 Å². The van der Waals surface area contributed by atoms with Gasteiger partial charge in [0.2, 0.25) is 0 Å². The Balaban J connectivity index is 1.91. The summed E-state index contributed by atoms with van der Waals surface area (Å²) in [7, 11) is 0. The Hall–Kier alpha value is -3.07. The fourth-order valence-corrected chi connectivity index (χ4v) is 2.00. The lowest BCUT2D eigenvalue weighted by molar-refractivity contribution is 0.0951. The Kier molecular flexibility index (Phi) is 3.39. The second-order valence-electron chi connectivity index (χ2n) is 4.22. The number of nitrogens with zero attached hydrogens (tertiary/aromatic N) is 4. The maximum atomic E-state index is 12.3. The minimum absolute atomic E-state index is 0.181. The van der Waals surface area contributed by atoms with Gasteiger partial charge in [0.05, 0.1) is 12.1 Å². The molecule has 3 rings (SSSR count). The third-order valence-corrected chi connectivity index (χ3v) is 2.97. The molecular formula is C12H12N8O. The van der Waals surface area contributed by atoms with Gasteiger partial charge in [-0.3, -0.25) is 4.79 Å². The molecule has 0 saturated carbocycles. The third-order valence-electron chi connectivity index (χ3n) is 2.97. The monoisotopic (exact) mass is 284 g/mol. The zero-order valence-corrected chi connectivity index (χ0v) is 10.9. The number of benzene rings is 1. The lowest BCUT2D eigenvalue weighted by atomic mass is 10.1. The molecule has 2 aromatic heterocycles. The first kappa shape index (κ1) is 12.9. The van der Waals surface area contributed by atoms with Crippen molar-refractivity contribution in [1.82, 2.24) is 30.9 Å². The van der Waals surface area contributed by atoms with Gasteiger partial charge in [0.1, 0.15) is 5.82 Å². The Labute approximate surface area is 118 Å². The maximum Gasteiger partial charge on any atom is 0.253 e. The Morgan fingerprint density at radius 1 is 1.29 bits per heavy atom. The molecule has 0 aliphatic rings. The van der Waals surface area contributed by atoms with Crippen LogP contribution in [0.15, 0.2) is 30.5 Å². The standard InChI is InChI=1S/C12H12N8O/c13-16-11-8-4-2-1-3-7(8)9(5-14-11)12(21)15-6-10-17-19-20-18-10/h1-5H,6,13H2,(H,14,16)(H,15,21)(H,17,18,19,20). The number of hydrogen-bond acceptors (Lipinski definition) is 7. The number of nitrogens with two attached hydrogens (primary N) is 1. The number of nitrogen functional groups attached to an aromatic ring is 1. The molecule has 1 amide bonds. The highest BCUT2D eigenvalue weighted by Crippen LogP contribution is 2.23. The van der Waals surface area contributed by atoms with Gasteiger partial charge in [-0.1, -0.05) is 29.5 Å². The van der Waals surface area contributed by atoms with E-state index in [0.717, 1.165) is 10.8 Å². The first-order chi connectivity index (χ1) is 10.3. The maximum absolute atomic E-state index is 12.3. The quantitative estimate of drug-likeness (QED) is 0.390. The number of hydrogen-bond donors (Lipinski definition) is 4. The van der Waals surface area contributed by atoms with Crippen LogP contribution < -0.4 is 16.6 Å². The first-order valence-corrected chi connectivity index (χ1v) is 6.14. The predicted octanol–water partition coefficient (Wildman–Crippen LogP) is -0.0365. The number of rotatable bonds is 4. The SMILES string of the molecule is NNc1ncc(C(=O)NCc2nn[nH]n2)c2ccccc12. The lowest BCUT2D eigenvalue weighted by Gasteiger charge is -2.09. The van der Waals surface area contributed by atoms with Gasteiger partial charge < -0.3 is 10.7 Å². The van der Waals surface area contributed by atoms with Crippen LogP contribution >= 0.6 is 0 Å². The van der Waals surface area contributed by atoms with Crippen molar-refractivity contribution in [3.05, 3.63) is 41.9 Å². The molecule has 9 heteroatoms. The highest BCUT2D eigenvalue weighted by molar-refractivity contribution is 6.09. The number of amides is 1. The summed E-state index contributed by atoms with van der Waals surface area (Å²) in [4.78, 5) is 16.4. The number of carbonyl (C=O) groups excluding carboxylic acids is 1. The van der Waals surface area contributed by atoms with Crippen molar-refractivity contribution in [3.8, 4) is 0 Å². The molecule has 0 bridgehead atoms. The van der Waals surface area contributed by atoms with Crippen molar-refractivity contribution in [3.63, 3.8) is 0 Å². The molecule has 1 aromatic carbocycles. The van der Waals surface area contributed by atoms with Crippen molar-refractivity contribution in [2.24, 2.45) is 5.84 Å². The van der Waals surface area contributed by atoms with E-state index in [1.165, 1.54) is 6.20 Å². The number of anilines is 1. The number of hydrazine groups is 1. The fourth-order valence-electron chi connectivity index (χ4n) is 2.00. The van der Waals surface area contributed by atoms with E-state index in [2.05, 4.69) is 36.4 Å². The molecule has 0 spiro atoms. The summed E-state index contributed by atoms with van der Waals surface area (Å²) in [6, 6.07) is 7.37. The predicted molar refractivity (Wildman–Crippen MR) is 74.9 cm³/mol. The number of carbonyl (C=O) groups is 1. The fraction of sp³-hybridized carbons (Fsp3) is 0.0833. The van der Waals surface area contributed by atoms with Crippen LogP contribution in [-0.2, 0) is 6.54 Å². The van der Waals surface area contributed by atoms with Crippen LogP contribution in [0.5, 0.6) is 0 Å². The molecule has 0 radical (unpaired) electrons. The molecule has 5 N–H and O–H groups in total. The third kappa shape index (κ3) is 2.49. The van der Waals surface area contributed by atoms with Crippen molar-refractivity contribution < 1.29 is 4.79 Å². The van der Waals surface area contributed by atoms with Gasteiger partial charge in [-0.15, -0.1) is 10.2 Å².